The summed E-state index contributed by atoms with van der Waals surface area (Å²) in [5.41, 5.74) is 1.15. The van der Waals surface area contributed by atoms with Gasteiger partial charge in [0.05, 0.1) is 0 Å². The minimum absolute atomic E-state index is 0.567. The molecule has 0 heterocycles. The second kappa shape index (κ2) is 4.58. The van der Waals surface area contributed by atoms with Crippen LogP contribution >= 0.6 is 0 Å². The first kappa shape index (κ1) is 15.1. The van der Waals surface area contributed by atoms with E-state index in [-0.39, 0.29) is 0 Å². The lowest BCUT2D eigenvalue weighted by Crippen LogP contribution is -2.39. The van der Waals surface area contributed by atoms with Crippen LogP contribution in [0.5, 0.6) is 0 Å². The van der Waals surface area contributed by atoms with Gasteiger partial charge in [0.25, 0.3) is 0 Å². The van der Waals surface area contributed by atoms with Crippen LogP contribution in [0.3, 0.4) is 0 Å². The molecule has 0 spiro atoms. The molecular weight excluding hydrogens is 260 g/mol. The molecule has 1 nitrogen and oxygen atoms in total. The summed E-state index contributed by atoms with van der Waals surface area (Å²) in [6, 6.07) is 0. The van der Waals surface area contributed by atoms with E-state index in [4.69, 9.17) is 4.43 Å². The lowest BCUT2D eigenvalue weighted by atomic mass is 9.65. The first-order valence-electron chi connectivity index (χ1n) is 8.79. The average molecular weight is 295 g/mol. The molecule has 5 unspecified atom stereocenters. The molecule has 0 amide bonds. The van der Waals surface area contributed by atoms with E-state index in [1.54, 1.807) is 0 Å². The SMILES string of the molecule is CC1(C)CCCC2(C)C(CO[Si](C)(C)C)C3CCC2C31. The highest BCUT2D eigenvalue weighted by molar-refractivity contribution is 6.69. The monoisotopic (exact) mass is 294 g/mol. The van der Waals surface area contributed by atoms with Gasteiger partial charge >= 0.3 is 0 Å². The quantitative estimate of drug-likeness (QED) is 0.640. The summed E-state index contributed by atoms with van der Waals surface area (Å²) in [6.45, 7) is 15.8. The van der Waals surface area contributed by atoms with Gasteiger partial charge in [0.2, 0.25) is 0 Å². The van der Waals surface area contributed by atoms with E-state index in [1.807, 2.05) is 0 Å². The van der Waals surface area contributed by atoms with Crippen molar-refractivity contribution in [3.05, 3.63) is 0 Å². The Hall–Kier alpha value is 0.177. The minimum Gasteiger partial charge on any atom is -0.417 e. The van der Waals surface area contributed by atoms with Gasteiger partial charge in [0.1, 0.15) is 0 Å². The van der Waals surface area contributed by atoms with Gasteiger partial charge in [0, 0.05) is 6.61 Å². The first-order chi connectivity index (χ1) is 9.15. The highest BCUT2D eigenvalue weighted by Crippen LogP contribution is 2.70. The van der Waals surface area contributed by atoms with Gasteiger partial charge in [-0.3, -0.25) is 0 Å². The van der Waals surface area contributed by atoms with Crippen LogP contribution in [0.2, 0.25) is 19.6 Å². The third-order valence-electron chi connectivity index (χ3n) is 7.05. The average Bonchev–Trinajstić information content (AvgIpc) is 2.77. The predicted octanol–water partition coefficient (Wildman–Crippen LogP) is 5.33. The summed E-state index contributed by atoms with van der Waals surface area (Å²) >= 11 is 0. The predicted molar refractivity (Wildman–Crippen MR) is 88.2 cm³/mol. The zero-order chi connectivity index (χ0) is 14.8. The lowest BCUT2D eigenvalue weighted by Gasteiger charge is -2.42. The summed E-state index contributed by atoms with van der Waals surface area (Å²) < 4.78 is 6.39. The largest absolute Gasteiger partial charge is 0.417 e. The van der Waals surface area contributed by atoms with Crippen LogP contribution in [-0.4, -0.2) is 14.9 Å². The van der Waals surface area contributed by atoms with Crippen LogP contribution in [0.25, 0.3) is 0 Å². The van der Waals surface area contributed by atoms with E-state index in [0.717, 1.165) is 30.3 Å². The fourth-order valence-electron chi connectivity index (χ4n) is 6.23. The zero-order valence-electron chi connectivity index (χ0n) is 14.5. The molecule has 0 aromatic heterocycles. The molecule has 0 radical (unpaired) electrons. The Morgan fingerprint density at radius 3 is 2.40 bits per heavy atom. The molecule has 3 rings (SSSR count). The van der Waals surface area contributed by atoms with Crippen LogP contribution in [-0.2, 0) is 4.43 Å². The fraction of sp³-hybridized carbons (Fsp3) is 1.00. The van der Waals surface area contributed by atoms with Gasteiger partial charge in [-0.15, -0.1) is 0 Å². The second-order valence-electron chi connectivity index (χ2n) is 9.75. The van der Waals surface area contributed by atoms with E-state index >= 15 is 0 Å². The summed E-state index contributed by atoms with van der Waals surface area (Å²) in [6.07, 6.45) is 7.31. The van der Waals surface area contributed by atoms with Crippen molar-refractivity contribution in [3.8, 4) is 0 Å². The molecule has 0 aliphatic heterocycles. The Morgan fingerprint density at radius 1 is 1.05 bits per heavy atom. The molecule has 0 aromatic carbocycles. The maximum Gasteiger partial charge on any atom is 0.183 e. The number of hydrogen-bond donors (Lipinski definition) is 0. The van der Waals surface area contributed by atoms with Crippen LogP contribution in [0.1, 0.15) is 52.9 Å². The Labute approximate surface area is 127 Å². The molecule has 5 atom stereocenters. The summed E-state index contributed by atoms with van der Waals surface area (Å²) in [4.78, 5) is 0. The summed E-state index contributed by atoms with van der Waals surface area (Å²) in [5, 5.41) is 0. The minimum atomic E-state index is -1.38. The van der Waals surface area contributed by atoms with Crippen molar-refractivity contribution in [2.45, 2.75) is 72.5 Å². The molecule has 0 N–H and O–H groups in total. The van der Waals surface area contributed by atoms with Crippen molar-refractivity contribution in [2.75, 3.05) is 6.61 Å². The van der Waals surface area contributed by atoms with Gasteiger partial charge < -0.3 is 4.43 Å². The topological polar surface area (TPSA) is 9.23 Å². The smallest absolute Gasteiger partial charge is 0.183 e. The molecule has 116 valence electrons. The van der Waals surface area contributed by atoms with E-state index in [0.29, 0.717) is 10.8 Å². The lowest BCUT2D eigenvalue weighted by molar-refractivity contribution is 0.0435. The third kappa shape index (κ3) is 2.22. The molecule has 3 aliphatic rings. The summed E-state index contributed by atoms with van der Waals surface area (Å²) in [5.74, 6) is 3.76. The third-order valence-corrected chi connectivity index (χ3v) is 8.08. The van der Waals surface area contributed by atoms with Crippen molar-refractivity contribution in [1.29, 1.82) is 0 Å². The standard InChI is InChI=1S/C18H34OSi/c1-17(2)10-7-11-18(3)14-9-8-13(16(14)17)15(18)12-19-20(4,5)6/h13-16H,7-12H2,1-6H3. The van der Waals surface area contributed by atoms with Gasteiger partial charge in [-0.05, 0) is 79.8 Å². The van der Waals surface area contributed by atoms with E-state index < -0.39 is 8.32 Å². The second-order valence-corrected chi connectivity index (χ2v) is 14.3. The molecule has 3 saturated carbocycles. The first-order valence-corrected chi connectivity index (χ1v) is 12.2. The molecule has 20 heavy (non-hydrogen) atoms. The normalized spacial score (nSPS) is 46.5. The number of hydrogen-bond acceptors (Lipinski definition) is 1. The summed E-state index contributed by atoms with van der Waals surface area (Å²) in [7, 11) is -1.38. The molecule has 2 heteroatoms. The Kier molecular flexibility index (Phi) is 3.46. The number of rotatable bonds is 3. The van der Waals surface area contributed by atoms with Crippen LogP contribution in [0.15, 0.2) is 0 Å². The highest BCUT2D eigenvalue weighted by atomic mass is 28.4. The maximum atomic E-state index is 6.39. The van der Waals surface area contributed by atoms with Gasteiger partial charge in [-0.1, -0.05) is 27.2 Å². The molecule has 3 aliphatic carbocycles. The van der Waals surface area contributed by atoms with Crippen molar-refractivity contribution in [3.63, 3.8) is 0 Å². The van der Waals surface area contributed by atoms with E-state index in [1.165, 1.54) is 32.1 Å². The fourth-order valence-corrected chi connectivity index (χ4v) is 6.90. The van der Waals surface area contributed by atoms with E-state index in [9.17, 15) is 0 Å². The van der Waals surface area contributed by atoms with Crippen LogP contribution in [0, 0.1) is 34.5 Å². The maximum absolute atomic E-state index is 6.39. The molecule has 4 bridgehead atoms. The zero-order valence-corrected chi connectivity index (χ0v) is 15.5. The van der Waals surface area contributed by atoms with Crippen molar-refractivity contribution >= 4 is 8.32 Å². The van der Waals surface area contributed by atoms with Crippen LogP contribution in [0.4, 0.5) is 0 Å². The molecule has 3 fully saturated rings. The Bertz CT molecular complexity index is 383. The van der Waals surface area contributed by atoms with Crippen molar-refractivity contribution < 1.29 is 4.43 Å². The Morgan fingerprint density at radius 2 is 1.75 bits per heavy atom. The highest BCUT2D eigenvalue weighted by Gasteiger charge is 2.64. The van der Waals surface area contributed by atoms with Crippen molar-refractivity contribution in [2.24, 2.45) is 34.5 Å². The Balaban J connectivity index is 1.86. The van der Waals surface area contributed by atoms with Gasteiger partial charge in [0.15, 0.2) is 8.32 Å². The van der Waals surface area contributed by atoms with Gasteiger partial charge in [-0.25, -0.2) is 0 Å². The molecule has 0 aromatic rings. The molecular formula is C18H34OSi. The molecule has 0 saturated heterocycles. The van der Waals surface area contributed by atoms with Gasteiger partial charge in [-0.2, -0.15) is 0 Å². The van der Waals surface area contributed by atoms with E-state index in [2.05, 4.69) is 40.4 Å². The van der Waals surface area contributed by atoms with Crippen LogP contribution < -0.4 is 0 Å². The van der Waals surface area contributed by atoms with Crippen molar-refractivity contribution in [1.82, 2.24) is 0 Å².